The third-order valence-electron chi connectivity index (χ3n) is 2.35. The van der Waals surface area contributed by atoms with Gasteiger partial charge in [0.05, 0.1) is 11.9 Å². The molecule has 0 aliphatic rings. The Kier molecular flexibility index (Phi) is 2.79. The average Bonchev–Trinajstić information content (AvgIpc) is 2.17. The lowest BCUT2D eigenvalue weighted by atomic mass is 9.84. The molecular formula is C11H10O4-2. The van der Waals surface area contributed by atoms with Crippen molar-refractivity contribution in [1.82, 2.24) is 0 Å². The fourth-order valence-corrected chi connectivity index (χ4v) is 1.14. The smallest absolute Gasteiger partial charge is 0.0715 e. The fraction of sp³-hybridized carbons (Fsp3) is 0.273. The van der Waals surface area contributed by atoms with Gasteiger partial charge in [-0.2, -0.15) is 0 Å². The molecule has 0 atom stereocenters. The van der Waals surface area contributed by atoms with Crippen LogP contribution in [0.4, 0.5) is 0 Å². The van der Waals surface area contributed by atoms with Crippen LogP contribution in [0.5, 0.6) is 0 Å². The van der Waals surface area contributed by atoms with E-state index in [-0.39, 0.29) is 5.56 Å². The van der Waals surface area contributed by atoms with Gasteiger partial charge in [0.15, 0.2) is 0 Å². The minimum absolute atomic E-state index is 0.0212. The van der Waals surface area contributed by atoms with Gasteiger partial charge in [0.2, 0.25) is 0 Å². The number of aromatic carboxylic acids is 1. The first kappa shape index (κ1) is 11.2. The van der Waals surface area contributed by atoms with E-state index >= 15 is 0 Å². The lowest BCUT2D eigenvalue weighted by molar-refractivity contribution is -0.312. The summed E-state index contributed by atoms with van der Waals surface area (Å²) in [5.41, 5.74) is -0.620. The van der Waals surface area contributed by atoms with Gasteiger partial charge in [-0.1, -0.05) is 38.1 Å². The summed E-state index contributed by atoms with van der Waals surface area (Å²) >= 11 is 0. The maximum atomic E-state index is 10.8. The number of hydrogen-bond acceptors (Lipinski definition) is 4. The Morgan fingerprint density at radius 1 is 1.07 bits per heavy atom. The highest BCUT2D eigenvalue weighted by Crippen LogP contribution is 2.22. The summed E-state index contributed by atoms with van der Waals surface area (Å²) in [5.74, 6) is -2.49. The van der Waals surface area contributed by atoms with Crippen molar-refractivity contribution in [1.29, 1.82) is 0 Å². The topological polar surface area (TPSA) is 80.3 Å². The SMILES string of the molecule is CC(C)(C(=O)[O-])c1ccc(C(=O)[O-])cc1. The van der Waals surface area contributed by atoms with Crippen molar-refractivity contribution in [3.63, 3.8) is 0 Å². The van der Waals surface area contributed by atoms with Crippen LogP contribution >= 0.6 is 0 Å². The van der Waals surface area contributed by atoms with Gasteiger partial charge < -0.3 is 19.8 Å². The molecule has 15 heavy (non-hydrogen) atoms. The largest absolute Gasteiger partial charge is 0.549 e. The molecule has 0 heterocycles. The molecule has 0 aliphatic heterocycles. The van der Waals surface area contributed by atoms with Crippen LogP contribution in [-0.4, -0.2) is 11.9 Å². The van der Waals surface area contributed by atoms with Crippen molar-refractivity contribution in [3.05, 3.63) is 35.4 Å². The minimum Gasteiger partial charge on any atom is -0.549 e. The van der Waals surface area contributed by atoms with Crippen LogP contribution in [-0.2, 0) is 10.2 Å². The van der Waals surface area contributed by atoms with Crippen LogP contribution < -0.4 is 10.2 Å². The summed E-state index contributed by atoms with van der Waals surface area (Å²) in [6.45, 7) is 2.99. The second kappa shape index (κ2) is 3.73. The molecule has 1 aromatic carbocycles. The van der Waals surface area contributed by atoms with Gasteiger partial charge in [0, 0.05) is 5.41 Å². The molecule has 1 aromatic rings. The van der Waals surface area contributed by atoms with Crippen LogP contribution in [0.1, 0.15) is 29.8 Å². The van der Waals surface area contributed by atoms with E-state index in [4.69, 9.17) is 0 Å². The van der Waals surface area contributed by atoms with Crippen molar-refractivity contribution >= 4 is 11.9 Å². The average molecular weight is 206 g/mol. The molecule has 0 bridgehead atoms. The van der Waals surface area contributed by atoms with Gasteiger partial charge in [-0.25, -0.2) is 0 Å². The monoisotopic (exact) mass is 206 g/mol. The van der Waals surface area contributed by atoms with Crippen LogP contribution in [0.2, 0.25) is 0 Å². The first-order chi connectivity index (χ1) is 6.85. The first-order valence-corrected chi connectivity index (χ1v) is 4.39. The molecule has 0 saturated carbocycles. The van der Waals surface area contributed by atoms with E-state index in [1.807, 2.05) is 0 Å². The Morgan fingerprint density at radius 2 is 1.53 bits per heavy atom. The van der Waals surface area contributed by atoms with Gasteiger partial charge in [0.1, 0.15) is 0 Å². The summed E-state index contributed by atoms with van der Waals surface area (Å²) in [7, 11) is 0. The maximum absolute atomic E-state index is 10.8. The van der Waals surface area contributed by atoms with Gasteiger partial charge in [-0.3, -0.25) is 0 Å². The van der Waals surface area contributed by atoms with Gasteiger partial charge in [0.25, 0.3) is 0 Å². The molecule has 0 saturated heterocycles. The van der Waals surface area contributed by atoms with E-state index in [1.165, 1.54) is 38.1 Å². The van der Waals surface area contributed by atoms with Crippen molar-refractivity contribution in [2.45, 2.75) is 19.3 Å². The second-order valence-electron chi connectivity index (χ2n) is 3.78. The zero-order chi connectivity index (χ0) is 11.6. The van der Waals surface area contributed by atoms with E-state index in [0.29, 0.717) is 5.56 Å². The third-order valence-corrected chi connectivity index (χ3v) is 2.35. The molecule has 0 aromatic heterocycles. The second-order valence-corrected chi connectivity index (χ2v) is 3.78. The number of carboxylic acid groups (broad SMARTS) is 2. The van der Waals surface area contributed by atoms with Crippen LogP contribution in [0, 0.1) is 0 Å². The molecule has 1 rings (SSSR count). The molecule has 0 radical (unpaired) electrons. The van der Waals surface area contributed by atoms with Crippen molar-refractivity contribution in [2.75, 3.05) is 0 Å². The molecule has 0 amide bonds. The predicted molar refractivity (Wildman–Crippen MR) is 48.8 cm³/mol. The molecule has 80 valence electrons. The number of carbonyl (C=O) groups excluding carboxylic acids is 2. The quantitative estimate of drug-likeness (QED) is 0.640. The fourth-order valence-electron chi connectivity index (χ4n) is 1.14. The number of carbonyl (C=O) groups is 2. The zero-order valence-electron chi connectivity index (χ0n) is 8.44. The highest BCUT2D eigenvalue weighted by atomic mass is 16.4. The Hall–Kier alpha value is -1.84. The maximum Gasteiger partial charge on any atom is 0.0715 e. The Labute approximate surface area is 87.2 Å². The van der Waals surface area contributed by atoms with E-state index in [9.17, 15) is 19.8 Å². The van der Waals surface area contributed by atoms with Gasteiger partial charge in [-0.05, 0) is 11.1 Å². The molecule has 0 aliphatic carbocycles. The standard InChI is InChI=1S/C11H12O4/c1-11(2,10(14)15)8-5-3-7(4-6-8)9(12)13/h3-6H,1-2H3,(H,12,13)(H,14,15)/p-2. The highest BCUT2D eigenvalue weighted by Gasteiger charge is 2.21. The van der Waals surface area contributed by atoms with Crippen LogP contribution in [0.25, 0.3) is 0 Å². The molecule has 4 heteroatoms. The van der Waals surface area contributed by atoms with E-state index in [1.54, 1.807) is 0 Å². The normalized spacial score (nSPS) is 11.1. The van der Waals surface area contributed by atoms with E-state index in [2.05, 4.69) is 0 Å². The van der Waals surface area contributed by atoms with E-state index in [0.717, 1.165) is 0 Å². The Morgan fingerprint density at radius 3 is 1.87 bits per heavy atom. The highest BCUT2D eigenvalue weighted by molar-refractivity contribution is 5.86. The molecule has 0 fully saturated rings. The Balaban J connectivity index is 3.09. The third kappa shape index (κ3) is 2.15. The molecule has 0 N–H and O–H groups in total. The van der Waals surface area contributed by atoms with Crippen LogP contribution in [0.3, 0.4) is 0 Å². The van der Waals surface area contributed by atoms with Crippen molar-refractivity contribution in [3.8, 4) is 0 Å². The lowest BCUT2D eigenvalue weighted by Gasteiger charge is -2.26. The number of benzene rings is 1. The van der Waals surface area contributed by atoms with Crippen molar-refractivity contribution in [2.24, 2.45) is 0 Å². The number of hydrogen-bond donors (Lipinski definition) is 0. The lowest BCUT2D eigenvalue weighted by Crippen LogP contribution is -2.41. The van der Waals surface area contributed by atoms with E-state index < -0.39 is 17.4 Å². The van der Waals surface area contributed by atoms with Gasteiger partial charge in [-0.15, -0.1) is 0 Å². The number of carboxylic acids is 2. The number of rotatable bonds is 3. The van der Waals surface area contributed by atoms with Crippen molar-refractivity contribution < 1.29 is 19.8 Å². The molecule has 0 unspecified atom stereocenters. The first-order valence-electron chi connectivity index (χ1n) is 4.39. The predicted octanol–water partition coefficient (Wildman–Crippen LogP) is -0.922. The molecular weight excluding hydrogens is 196 g/mol. The summed E-state index contributed by atoms with van der Waals surface area (Å²) in [5, 5.41) is 21.3. The minimum atomic E-state index is -1.28. The molecule has 0 spiro atoms. The zero-order valence-corrected chi connectivity index (χ0v) is 8.44. The summed E-state index contributed by atoms with van der Waals surface area (Å²) in [6.07, 6.45) is 0. The summed E-state index contributed by atoms with van der Waals surface area (Å²) < 4.78 is 0. The Bertz CT molecular complexity index is 390. The number of aliphatic carboxylic acids is 1. The van der Waals surface area contributed by atoms with Gasteiger partial charge >= 0.3 is 0 Å². The van der Waals surface area contributed by atoms with Crippen LogP contribution in [0.15, 0.2) is 24.3 Å². The summed E-state index contributed by atoms with van der Waals surface area (Å²) in [6, 6.07) is 5.52. The summed E-state index contributed by atoms with van der Waals surface area (Å²) in [4.78, 5) is 21.3. The molecule has 4 nitrogen and oxygen atoms in total.